The number of fused-ring (bicyclic) bond motifs is 3. The molecular formula is C25H24F2N6OS. The zero-order valence-electron chi connectivity index (χ0n) is 19.2. The van der Waals surface area contributed by atoms with Crippen LogP contribution in [0.5, 0.6) is 5.75 Å². The standard InChI is InChI=1S/C25H24F2N6OS/c1-32-8-6-15(13-32)12-28-23-5-4-20-24(31-23)17-11-22(35-21(17)7-9-34-20)25-29-14-30-33(25)19-3-2-16(26)10-18(19)27/h2-5,10-11,14-15H,6-9,12-13H2,1H3,(H,28,31). The number of hydrogen-bond donors (Lipinski definition) is 1. The number of nitrogens with one attached hydrogen (secondary N) is 1. The van der Waals surface area contributed by atoms with Crippen LogP contribution in [0.25, 0.3) is 27.6 Å². The third-order valence-electron chi connectivity index (χ3n) is 6.48. The fraction of sp³-hybridized carbons (Fsp3) is 0.320. The molecule has 0 radical (unpaired) electrons. The fourth-order valence-corrected chi connectivity index (χ4v) is 5.84. The number of rotatable bonds is 5. The van der Waals surface area contributed by atoms with Gasteiger partial charge in [-0.05, 0) is 56.3 Å². The van der Waals surface area contributed by atoms with Crippen molar-refractivity contribution >= 4 is 17.2 Å². The van der Waals surface area contributed by atoms with E-state index in [1.54, 1.807) is 11.3 Å². The molecule has 35 heavy (non-hydrogen) atoms. The third kappa shape index (κ3) is 4.28. The Labute approximate surface area is 205 Å². The van der Waals surface area contributed by atoms with Crippen molar-refractivity contribution < 1.29 is 13.5 Å². The smallest absolute Gasteiger partial charge is 0.173 e. The molecule has 1 fully saturated rings. The molecule has 0 aliphatic carbocycles. The largest absolute Gasteiger partial charge is 0.491 e. The molecule has 2 aliphatic rings. The first-order chi connectivity index (χ1) is 17.0. The molecule has 1 N–H and O–H groups in total. The minimum absolute atomic E-state index is 0.147. The van der Waals surface area contributed by atoms with Crippen molar-refractivity contribution in [2.45, 2.75) is 12.8 Å². The summed E-state index contributed by atoms with van der Waals surface area (Å²) in [5.74, 6) is 1.33. The number of anilines is 1. The van der Waals surface area contributed by atoms with Gasteiger partial charge in [0, 0.05) is 36.0 Å². The number of likely N-dealkylation sites (tertiary alicyclic amines) is 1. The van der Waals surface area contributed by atoms with Crippen LogP contribution in [0, 0.1) is 17.6 Å². The zero-order chi connectivity index (χ0) is 23.9. The Kier molecular flexibility index (Phi) is 5.69. The van der Waals surface area contributed by atoms with Gasteiger partial charge < -0.3 is 15.0 Å². The molecule has 180 valence electrons. The van der Waals surface area contributed by atoms with E-state index < -0.39 is 11.6 Å². The fourth-order valence-electron chi connectivity index (χ4n) is 4.71. The van der Waals surface area contributed by atoms with Crippen LogP contribution in [0.15, 0.2) is 42.7 Å². The van der Waals surface area contributed by atoms with Gasteiger partial charge in [0.05, 0.1) is 11.5 Å². The van der Waals surface area contributed by atoms with Gasteiger partial charge >= 0.3 is 0 Å². The van der Waals surface area contributed by atoms with Crippen molar-refractivity contribution in [2.75, 3.05) is 38.6 Å². The highest BCUT2D eigenvalue weighted by atomic mass is 32.1. The van der Waals surface area contributed by atoms with Gasteiger partial charge in [0.25, 0.3) is 0 Å². The van der Waals surface area contributed by atoms with E-state index in [0.29, 0.717) is 18.3 Å². The van der Waals surface area contributed by atoms with Crippen LogP contribution in [0.4, 0.5) is 14.6 Å². The van der Waals surface area contributed by atoms with E-state index in [4.69, 9.17) is 9.72 Å². The summed E-state index contributed by atoms with van der Waals surface area (Å²) in [6.45, 7) is 3.65. The number of benzene rings is 1. The van der Waals surface area contributed by atoms with Crippen molar-refractivity contribution in [3.63, 3.8) is 0 Å². The van der Waals surface area contributed by atoms with Crippen LogP contribution < -0.4 is 10.1 Å². The Hall–Kier alpha value is -3.37. The molecule has 1 aromatic carbocycles. The Balaban J connectivity index is 1.33. The maximum atomic E-state index is 14.5. The molecule has 3 aromatic heterocycles. The predicted molar refractivity (Wildman–Crippen MR) is 131 cm³/mol. The topological polar surface area (TPSA) is 68.1 Å². The second kappa shape index (κ2) is 9.01. The van der Waals surface area contributed by atoms with E-state index in [1.165, 1.54) is 29.6 Å². The van der Waals surface area contributed by atoms with Gasteiger partial charge in [0.15, 0.2) is 11.6 Å². The normalized spacial score (nSPS) is 17.5. The molecule has 7 nitrogen and oxygen atoms in total. The van der Waals surface area contributed by atoms with Crippen molar-refractivity contribution in [3.8, 4) is 33.4 Å². The average Bonchev–Trinajstić information content (AvgIpc) is 3.56. The Morgan fingerprint density at radius 1 is 1.20 bits per heavy atom. The predicted octanol–water partition coefficient (Wildman–Crippen LogP) is 4.63. The number of ether oxygens (including phenoxy) is 1. The maximum absolute atomic E-state index is 14.5. The number of nitrogens with zero attached hydrogens (tertiary/aromatic N) is 5. The highest BCUT2D eigenvalue weighted by Crippen LogP contribution is 2.42. The highest BCUT2D eigenvalue weighted by Gasteiger charge is 2.24. The van der Waals surface area contributed by atoms with Crippen molar-refractivity contribution in [1.29, 1.82) is 0 Å². The maximum Gasteiger partial charge on any atom is 0.173 e. The van der Waals surface area contributed by atoms with Crippen molar-refractivity contribution in [3.05, 3.63) is 59.2 Å². The first-order valence-electron chi connectivity index (χ1n) is 11.6. The summed E-state index contributed by atoms with van der Waals surface area (Å²) in [4.78, 5) is 13.6. The first kappa shape index (κ1) is 22.1. The molecule has 2 aliphatic heterocycles. The summed E-state index contributed by atoms with van der Waals surface area (Å²) in [6.07, 6.45) is 3.29. The number of aromatic nitrogens is 4. The van der Waals surface area contributed by atoms with Gasteiger partial charge in [0.2, 0.25) is 0 Å². The SMILES string of the molecule is CN1CCC(CNc2ccc3c(n2)-c2cc(-c4ncnn4-c4ccc(F)cc4F)sc2CCO3)C1. The number of pyridine rings is 1. The summed E-state index contributed by atoms with van der Waals surface area (Å²) < 4.78 is 35.3. The second-order valence-electron chi connectivity index (χ2n) is 8.98. The lowest BCUT2D eigenvalue weighted by Crippen LogP contribution is -2.19. The van der Waals surface area contributed by atoms with Gasteiger partial charge in [-0.1, -0.05) is 0 Å². The van der Waals surface area contributed by atoms with Gasteiger partial charge in [-0.3, -0.25) is 0 Å². The minimum Gasteiger partial charge on any atom is -0.491 e. The molecule has 1 unspecified atom stereocenters. The number of hydrogen-bond acceptors (Lipinski definition) is 7. The minimum atomic E-state index is -0.695. The van der Waals surface area contributed by atoms with Gasteiger partial charge in [0.1, 0.15) is 35.1 Å². The molecule has 1 saturated heterocycles. The summed E-state index contributed by atoms with van der Waals surface area (Å²) in [6, 6.07) is 9.37. The van der Waals surface area contributed by atoms with Gasteiger partial charge in [-0.25, -0.2) is 23.4 Å². The lowest BCUT2D eigenvalue weighted by atomic mass is 10.1. The second-order valence-corrected chi connectivity index (χ2v) is 10.1. The van der Waals surface area contributed by atoms with E-state index in [0.717, 1.165) is 64.7 Å². The van der Waals surface area contributed by atoms with E-state index in [2.05, 4.69) is 27.3 Å². The summed E-state index contributed by atoms with van der Waals surface area (Å²) in [5.41, 5.74) is 1.91. The monoisotopic (exact) mass is 494 g/mol. The van der Waals surface area contributed by atoms with E-state index in [9.17, 15) is 8.78 Å². The average molecular weight is 495 g/mol. The van der Waals surface area contributed by atoms with Gasteiger partial charge in [-0.2, -0.15) is 5.10 Å². The van der Waals surface area contributed by atoms with Crippen LogP contribution in [0.2, 0.25) is 0 Å². The molecule has 0 amide bonds. The van der Waals surface area contributed by atoms with Crippen LogP contribution in [-0.2, 0) is 6.42 Å². The number of halogens is 2. The van der Waals surface area contributed by atoms with Crippen LogP contribution in [0.3, 0.4) is 0 Å². The summed E-state index contributed by atoms with van der Waals surface area (Å²) in [7, 11) is 2.15. The Morgan fingerprint density at radius 2 is 2.11 bits per heavy atom. The lowest BCUT2D eigenvalue weighted by Gasteiger charge is -2.14. The molecule has 0 spiro atoms. The van der Waals surface area contributed by atoms with E-state index in [-0.39, 0.29) is 5.69 Å². The first-order valence-corrected chi connectivity index (χ1v) is 12.4. The van der Waals surface area contributed by atoms with E-state index in [1.807, 2.05) is 18.2 Å². The van der Waals surface area contributed by atoms with Crippen molar-refractivity contribution in [2.24, 2.45) is 5.92 Å². The van der Waals surface area contributed by atoms with Crippen LogP contribution >= 0.6 is 11.3 Å². The molecule has 0 bridgehead atoms. The molecule has 10 heteroatoms. The molecule has 6 rings (SSSR count). The highest BCUT2D eigenvalue weighted by molar-refractivity contribution is 7.16. The summed E-state index contributed by atoms with van der Waals surface area (Å²) in [5, 5.41) is 7.70. The molecular weight excluding hydrogens is 470 g/mol. The van der Waals surface area contributed by atoms with E-state index >= 15 is 0 Å². The summed E-state index contributed by atoms with van der Waals surface area (Å²) >= 11 is 1.56. The Morgan fingerprint density at radius 3 is 2.94 bits per heavy atom. The molecule has 1 atom stereocenters. The molecule has 4 aromatic rings. The van der Waals surface area contributed by atoms with Crippen LogP contribution in [0.1, 0.15) is 11.3 Å². The van der Waals surface area contributed by atoms with Crippen LogP contribution in [-0.4, -0.2) is 57.9 Å². The Bertz CT molecular complexity index is 1390. The quantitative estimate of drug-likeness (QED) is 0.436. The third-order valence-corrected chi connectivity index (χ3v) is 7.67. The lowest BCUT2D eigenvalue weighted by molar-refractivity contribution is 0.326. The van der Waals surface area contributed by atoms with Crippen molar-refractivity contribution in [1.82, 2.24) is 24.6 Å². The number of thiophene rings is 1. The van der Waals surface area contributed by atoms with Gasteiger partial charge in [-0.15, -0.1) is 11.3 Å². The molecule has 5 heterocycles. The molecule has 0 saturated carbocycles. The zero-order valence-corrected chi connectivity index (χ0v) is 20.0.